The summed E-state index contributed by atoms with van der Waals surface area (Å²) in [6.45, 7) is 2.22. The zero-order valence-electron chi connectivity index (χ0n) is 8.70. The summed E-state index contributed by atoms with van der Waals surface area (Å²) in [5, 5.41) is 0. The van der Waals surface area contributed by atoms with E-state index in [1.54, 1.807) is 6.92 Å². The van der Waals surface area contributed by atoms with E-state index in [-0.39, 0.29) is 24.7 Å². The number of rotatable bonds is 4. The second-order valence-corrected chi connectivity index (χ2v) is 3.60. The van der Waals surface area contributed by atoms with Gasteiger partial charge in [0, 0.05) is 6.04 Å². The Morgan fingerprint density at radius 3 is 2.79 bits per heavy atom. The topological polar surface area (TPSA) is 61.5 Å². The van der Waals surface area contributed by atoms with E-state index >= 15 is 0 Å². The van der Waals surface area contributed by atoms with Crippen LogP contribution in [0.3, 0.4) is 0 Å². The standard InChI is InChI=1S/C10H19NO3/c1-2-13-10(12)7-14-9-6-4-3-5-8(9)11/h8-9H,2-7,11H2,1H3/t8-,9-/m0/s1. The van der Waals surface area contributed by atoms with Crippen LogP contribution in [-0.2, 0) is 14.3 Å². The molecule has 2 atom stereocenters. The van der Waals surface area contributed by atoms with E-state index < -0.39 is 0 Å². The Morgan fingerprint density at radius 1 is 1.43 bits per heavy atom. The SMILES string of the molecule is CCOC(=O)CO[C@H]1CCCC[C@@H]1N. The van der Waals surface area contributed by atoms with E-state index in [1.165, 1.54) is 6.42 Å². The van der Waals surface area contributed by atoms with Crippen molar-refractivity contribution in [3.63, 3.8) is 0 Å². The minimum atomic E-state index is -0.301. The summed E-state index contributed by atoms with van der Waals surface area (Å²) >= 11 is 0. The molecule has 0 amide bonds. The van der Waals surface area contributed by atoms with Gasteiger partial charge in [0.05, 0.1) is 12.7 Å². The number of esters is 1. The minimum absolute atomic E-state index is 0.0339. The van der Waals surface area contributed by atoms with Crippen molar-refractivity contribution in [2.75, 3.05) is 13.2 Å². The van der Waals surface area contributed by atoms with Crippen molar-refractivity contribution in [3.05, 3.63) is 0 Å². The maximum absolute atomic E-state index is 11.0. The van der Waals surface area contributed by atoms with Crippen molar-refractivity contribution in [1.82, 2.24) is 0 Å². The van der Waals surface area contributed by atoms with E-state index in [9.17, 15) is 4.79 Å². The molecular weight excluding hydrogens is 182 g/mol. The highest BCUT2D eigenvalue weighted by atomic mass is 16.6. The van der Waals surface area contributed by atoms with Crippen LogP contribution in [0.5, 0.6) is 0 Å². The zero-order valence-corrected chi connectivity index (χ0v) is 8.70. The summed E-state index contributed by atoms with van der Waals surface area (Å²) in [4.78, 5) is 11.0. The lowest BCUT2D eigenvalue weighted by Gasteiger charge is -2.28. The largest absolute Gasteiger partial charge is 0.464 e. The molecule has 1 aliphatic rings. The van der Waals surface area contributed by atoms with Crippen molar-refractivity contribution >= 4 is 5.97 Å². The third-order valence-corrected chi connectivity index (χ3v) is 2.47. The summed E-state index contributed by atoms with van der Waals surface area (Å²) in [6.07, 6.45) is 4.29. The molecular formula is C10H19NO3. The number of nitrogens with two attached hydrogens (primary N) is 1. The first-order chi connectivity index (χ1) is 6.74. The first-order valence-corrected chi connectivity index (χ1v) is 5.27. The van der Waals surface area contributed by atoms with Gasteiger partial charge in [-0.25, -0.2) is 4.79 Å². The van der Waals surface area contributed by atoms with Crippen LogP contribution < -0.4 is 5.73 Å². The average Bonchev–Trinajstić information content (AvgIpc) is 2.17. The summed E-state index contributed by atoms with van der Waals surface area (Å²) < 4.78 is 10.2. The molecule has 0 radical (unpaired) electrons. The minimum Gasteiger partial charge on any atom is -0.464 e. The number of ether oxygens (including phenoxy) is 2. The normalized spacial score (nSPS) is 27.3. The van der Waals surface area contributed by atoms with Crippen molar-refractivity contribution < 1.29 is 14.3 Å². The van der Waals surface area contributed by atoms with Crippen LogP contribution in [0.1, 0.15) is 32.6 Å². The fourth-order valence-corrected chi connectivity index (χ4v) is 1.71. The van der Waals surface area contributed by atoms with Gasteiger partial charge in [0.1, 0.15) is 6.61 Å². The molecule has 82 valence electrons. The molecule has 0 unspecified atom stereocenters. The highest BCUT2D eigenvalue weighted by Gasteiger charge is 2.23. The molecule has 0 aromatic carbocycles. The summed E-state index contributed by atoms with van der Waals surface area (Å²) in [5.41, 5.74) is 5.86. The first kappa shape index (κ1) is 11.5. The van der Waals surface area contributed by atoms with Gasteiger partial charge in [0.2, 0.25) is 0 Å². The van der Waals surface area contributed by atoms with Crippen LogP contribution in [-0.4, -0.2) is 31.3 Å². The Kier molecular flexibility index (Phi) is 4.90. The molecule has 1 aliphatic carbocycles. The fourth-order valence-electron chi connectivity index (χ4n) is 1.71. The summed E-state index contributed by atoms with van der Waals surface area (Å²) in [5.74, 6) is -0.301. The first-order valence-electron chi connectivity index (χ1n) is 5.27. The Morgan fingerprint density at radius 2 is 2.14 bits per heavy atom. The van der Waals surface area contributed by atoms with Crippen LogP contribution in [0.15, 0.2) is 0 Å². The Balaban J connectivity index is 2.19. The third-order valence-electron chi connectivity index (χ3n) is 2.47. The molecule has 1 saturated carbocycles. The maximum Gasteiger partial charge on any atom is 0.332 e. The quantitative estimate of drug-likeness (QED) is 0.684. The van der Waals surface area contributed by atoms with Gasteiger partial charge in [-0.05, 0) is 19.8 Å². The Hall–Kier alpha value is -0.610. The van der Waals surface area contributed by atoms with Crippen LogP contribution in [0.2, 0.25) is 0 Å². The molecule has 2 N–H and O–H groups in total. The molecule has 0 aromatic heterocycles. The van der Waals surface area contributed by atoms with Crippen LogP contribution in [0, 0.1) is 0 Å². The predicted octanol–water partition coefficient (Wildman–Crippen LogP) is 0.836. The second-order valence-electron chi connectivity index (χ2n) is 3.60. The van der Waals surface area contributed by atoms with Crippen LogP contribution in [0.25, 0.3) is 0 Å². The van der Waals surface area contributed by atoms with Gasteiger partial charge in [-0.15, -0.1) is 0 Å². The molecule has 0 saturated heterocycles. The highest BCUT2D eigenvalue weighted by molar-refractivity contribution is 5.70. The molecule has 4 nitrogen and oxygen atoms in total. The maximum atomic E-state index is 11.0. The third kappa shape index (κ3) is 3.64. The fraction of sp³-hybridized carbons (Fsp3) is 0.900. The van der Waals surface area contributed by atoms with Crippen molar-refractivity contribution in [2.45, 2.75) is 44.8 Å². The van der Waals surface area contributed by atoms with Gasteiger partial charge in [-0.2, -0.15) is 0 Å². The predicted molar refractivity (Wildman–Crippen MR) is 52.8 cm³/mol. The van der Waals surface area contributed by atoms with Crippen molar-refractivity contribution in [2.24, 2.45) is 5.73 Å². The van der Waals surface area contributed by atoms with Gasteiger partial charge in [0.25, 0.3) is 0 Å². The van der Waals surface area contributed by atoms with Gasteiger partial charge in [-0.1, -0.05) is 12.8 Å². The summed E-state index contributed by atoms with van der Waals surface area (Å²) in [6, 6.07) is 0.0816. The average molecular weight is 201 g/mol. The van der Waals surface area contributed by atoms with Crippen molar-refractivity contribution in [3.8, 4) is 0 Å². The number of hydrogen-bond acceptors (Lipinski definition) is 4. The monoisotopic (exact) mass is 201 g/mol. The van der Waals surface area contributed by atoms with E-state index in [1.807, 2.05) is 0 Å². The molecule has 0 aliphatic heterocycles. The lowest BCUT2D eigenvalue weighted by molar-refractivity contribution is -0.151. The van der Waals surface area contributed by atoms with E-state index in [4.69, 9.17) is 15.2 Å². The van der Waals surface area contributed by atoms with Gasteiger partial charge >= 0.3 is 5.97 Å². The van der Waals surface area contributed by atoms with E-state index in [0.717, 1.165) is 19.3 Å². The molecule has 0 bridgehead atoms. The van der Waals surface area contributed by atoms with Gasteiger partial charge in [0.15, 0.2) is 0 Å². The van der Waals surface area contributed by atoms with Crippen LogP contribution in [0.4, 0.5) is 0 Å². The van der Waals surface area contributed by atoms with Crippen LogP contribution >= 0.6 is 0 Å². The molecule has 4 heteroatoms. The second kappa shape index (κ2) is 5.98. The lowest BCUT2D eigenvalue weighted by atomic mass is 9.93. The van der Waals surface area contributed by atoms with E-state index in [2.05, 4.69) is 0 Å². The highest BCUT2D eigenvalue weighted by Crippen LogP contribution is 2.19. The Bertz CT molecular complexity index is 184. The van der Waals surface area contributed by atoms with Crippen molar-refractivity contribution in [1.29, 1.82) is 0 Å². The smallest absolute Gasteiger partial charge is 0.332 e. The molecule has 0 spiro atoms. The van der Waals surface area contributed by atoms with Gasteiger partial charge in [-0.3, -0.25) is 0 Å². The van der Waals surface area contributed by atoms with E-state index in [0.29, 0.717) is 6.61 Å². The number of carbonyl (C=O) groups excluding carboxylic acids is 1. The van der Waals surface area contributed by atoms with Gasteiger partial charge < -0.3 is 15.2 Å². The summed E-state index contributed by atoms with van der Waals surface area (Å²) in [7, 11) is 0. The number of carbonyl (C=O) groups is 1. The molecule has 1 fully saturated rings. The molecule has 0 heterocycles. The zero-order chi connectivity index (χ0) is 10.4. The molecule has 0 aromatic rings. The lowest BCUT2D eigenvalue weighted by Crippen LogP contribution is -2.40. The molecule has 14 heavy (non-hydrogen) atoms. The Labute approximate surface area is 84.7 Å². The molecule has 1 rings (SSSR count). The number of hydrogen-bond donors (Lipinski definition) is 1.